The Bertz CT molecular complexity index is 1100. The van der Waals surface area contributed by atoms with Crippen molar-refractivity contribution in [3.63, 3.8) is 0 Å². The van der Waals surface area contributed by atoms with E-state index in [0.29, 0.717) is 22.1 Å². The molecular weight excluding hydrogens is 348 g/mol. The summed E-state index contributed by atoms with van der Waals surface area (Å²) in [7, 11) is 0. The van der Waals surface area contributed by atoms with Gasteiger partial charge >= 0.3 is 0 Å². The molecule has 3 heterocycles. The van der Waals surface area contributed by atoms with E-state index in [2.05, 4.69) is 15.3 Å². The van der Waals surface area contributed by atoms with Gasteiger partial charge in [0.2, 0.25) is 0 Å². The summed E-state index contributed by atoms with van der Waals surface area (Å²) in [6, 6.07) is 15.2. The molecule has 5 nitrogen and oxygen atoms in total. The molecule has 0 radical (unpaired) electrons. The normalized spacial score (nSPS) is 10.8. The van der Waals surface area contributed by atoms with Gasteiger partial charge in [-0.05, 0) is 54.4 Å². The van der Waals surface area contributed by atoms with E-state index >= 15 is 0 Å². The number of aryl methyl sites for hydroxylation is 1. The van der Waals surface area contributed by atoms with Crippen LogP contribution in [0.25, 0.3) is 16.8 Å². The van der Waals surface area contributed by atoms with Crippen LogP contribution in [0.4, 0.5) is 5.69 Å². The van der Waals surface area contributed by atoms with Crippen molar-refractivity contribution >= 4 is 28.8 Å². The molecule has 0 aliphatic rings. The molecule has 128 valence electrons. The van der Waals surface area contributed by atoms with E-state index in [1.54, 1.807) is 35.1 Å². The van der Waals surface area contributed by atoms with Crippen LogP contribution in [0, 0.1) is 6.92 Å². The smallest absolute Gasteiger partial charge is 0.275 e. The molecule has 0 fully saturated rings. The maximum atomic E-state index is 12.4. The summed E-state index contributed by atoms with van der Waals surface area (Å²) in [5.41, 5.74) is 4.83. The second-order valence-electron chi connectivity index (χ2n) is 5.96. The molecule has 1 amide bonds. The Hall–Kier alpha value is -3.18. The molecule has 0 aliphatic carbocycles. The largest absolute Gasteiger partial charge is 0.321 e. The summed E-state index contributed by atoms with van der Waals surface area (Å²) >= 11 is 5.96. The van der Waals surface area contributed by atoms with Crippen LogP contribution in [-0.2, 0) is 0 Å². The van der Waals surface area contributed by atoms with E-state index in [0.717, 1.165) is 16.8 Å². The third kappa shape index (κ3) is 3.30. The lowest BCUT2D eigenvalue weighted by Gasteiger charge is -2.06. The Kier molecular flexibility index (Phi) is 4.14. The number of imidazole rings is 1. The Balaban J connectivity index is 1.53. The van der Waals surface area contributed by atoms with Gasteiger partial charge in [0.1, 0.15) is 11.3 Å². The lowest BCUT2D eigenvalue weighted by Crippen LogP contribution is -2.12. The summed E-state index contributed by atoms with van der Waals surface area (Å²) in [5, 5.41) is 3.45. The molecule has 4 aromatic rings. The number of fused-ring (bicyclic) bond motifs is 1. The Labute approximate surface area is 155 Å². The van der Waals surface area contributed by atoms with E-state index in [4.69, 9.17) is 11.6 Å². The van der Waals surface area contributed by atoms with Crippen LogP contribution in [0.1, 0.15) is 16.2 Å². The van der Waals surface area contributed by atoms with Crippen LogP contribution >= 0.6 is 11.6 Å². The molecule has 0 saturated heterocycles. The number of anilines is 1. The zero-order valence-electron chi connectivity index (χ0n) is 14.0. The van der Waals surface area contributed by atoms with E-state index in [1.165, 1.54) is 0 Å². The highest BCUT2D eigenvalue weighted by molar-refractivity contribution is 6.30. The Morgan fingerprint density at radius 1 is 1.04 bits per heavy atom. The number of hydrogen-bond acceptors (Lipinski definition) is 3. The van der Waals surface area contributed by atoms with Gasteiger partial charge in [-0.1, -0.05) is 23.7 Å². The van der Waals surface area contributed by atoms with E-state index < -0.39 is 0 Å². The lowest BCUT2D eigenvalue weighted by atomic mass is 10.1. The van der Waals surface area contributed by atoms with Crippen molar-refractivity contribution in [2.75, 3.05) is 5.32 Å². The molecular formula is C20H15ClN4O. The fourth-order valence-corrected chi connectivity index (χ4v) is 2.91. The molecule has 1 aromatic carbocycles. The maximum Gasteiger partial charge on any atom is 0.275 e. The average molecular weight is 363 g/mol. The number of nitrogens with zero attached hydrogens (tertiary/aromatic N) is 3. The number of carbonyl (C=O) groups is 1. The van der Waals surface area contributed by atoms with Gasteiger partial charge in [-0.3, -0.25) is 9.78 Å². The first-order chi connectivity index (χ1) is 12.6. The van der Waals surface area contributed by atoms with Crippen LogP contribution in [0.5, 0.6) is 0 Å². The van der Waals surface area contributed by atoms with Crippen LogP contribution < -0.4 is 5.32 Å². The average Bonchev–Trinajstić information content (AvgIpc) is 3.05. The van der Waals surface area contributed by atoms with Gasteiger partial charge in [0.25, 0.3) is 5.91 Å². The van der Waals surface area contributed by atoms with Crippen molar-refractivity contribution in [2.45, 2.75) is 6.92 Å². The van der Waals surface area contributed by atoms with Crippen molar-refractivity contribution in [1.29, 1.82) is 0 Å². The number of carbonyl (C=O) groups excluding carboxylic acids is 1. The number of hydrogen-bond donors (Lipinski definition) is 1. The number of pyridine rings is 2. The molecule has 0 spiro atoms. The molecule has 0 bridgehead atoms. The van der Waals surface area contributed by atoms with Crippen molar-refractivity contribution in [3.05, 3.63) is 83.5 Å². The minimum absolute atomic E-state index is 0.266. The monoisotopic (exact) mass is 362 g/mol. The molecule has 0 aliphatic heterocycles. The highest BCUT2D eigenvalue weighted by Gasteiger charge is 2.11. The first kappa shape index (κ1) is 16.3. The van der Waals surface area contributed by atoms with Crippen molar-refractivity contribution in [1.82, 2.24) is 14.4 Å². The molecule has 1 N–H and O–H groups in total. The van der Waals surface area contributed by atoms with Gasteiger partial charge in [-0.2, -0.15) is 0 Å². The summed E-state index contributed by atoms with van der Waals surface area (Å²) < 4.78 is 1.73. The molecule has 4 rings (SSSR count). The number of halogens is 1. The Morgan fingerprint density at radius 2 is 1.85 bits per heavy atom. The van der Waals surface area contributed by atoms with Gasteiger partial charge in [0, 0.05) is 30.0 Å². The second-order valence-corrected chi connectivity index (χ2v) is 6.39. The van der Waals surface area contributed by atoms with E-state index in [9.17, 15) is 4.79 Å². The quantitative estimate of drug-likeness (QED) is 0.579. The zero-order chi connectivity index (χ0) is 18.1. The van der Waals surface area contributed by atoms with E-state index in [-0.39, 0.29) is 5.91 Å². The highest BCUT2D eigenvalue weighted by Crippen LogP contribution is 2.22. The first-order valence-corrected chi connectivity index (χ1v) is 8.45. The molecule has 26 heavy (non-hydrogen) atoms. The second kappa shape index (κ2) is 6.61. The minimum atomic E-state index is -0.266. The minimum Gasteiger partial charge on any atom is -0.321 e. The van der Waals surface area contributed by atoms with Crippen LogP contribution in [0.3, 0.4) is 0 Å². The predicted octanol–water partition coefficient (Wildman–Crippen LogP) is 4.61. The summed E-state index contributed by atoms with van der Waals surface area (Å²) in [6.45, 7) is 1.96. The number of rotatable bonds is 3. The third-order valence-corrected chi connectivity index (χ3v) is 4.24. The molecule has 0 atom stereocenters. The molecule has 0 saturated carbocycles. The molecule has 0 unspecified atom stereocenters. The number of benzene rings is 1. The van der Waals surface area contributed by atoms with Gasteiger partial charge in [0.05, 0.1) is 5.02 Å². The number of aromatic nitrogens is 3. The maximum absolute atomic E-state index is 12.4. The van der Waals surface area contributed by atoms with Crippen molar-refractivity contribution in [2.24, 2.45) is 0 Å². The number of nitrogens with one attached hydrogen (secondary N) is 1. The summed E-state index contributed by atoms with van der Waals surface area (Å²) in [4.78, 5) is 21.0. The third-order valence-electron chi connectivity index (χ3n) is 4.02. The topological polar surface area (TPSA) is 59.3 Å². The first-order valence-electron chi connectivity index (χ1n) is 8.07. The SMILES string of the molecule is Cc1cc(-c2ccc(NC(=O)c3cn4cc(Cl)ccc4n3)cc2)ccn1. The standard InChI is InChI=1S/C20H15ClN4O/c1-13-10-15(8-9-22-13)14-2-5-17(6-3-14)23-20(26)18-12-25-11-16(21)4-7-19(25)24-18/h2-12H,1H3,(H,23,26). The lowest BCUT2D eigenvalue weighted by molar-refractivity contribution is 0.102. The summed E-state index contributed by atoms with van der Waals surface area (Å²) in [6.07, 6.45) is 5.16. The predicted molar refractivity (Wildman–Crippen MR) is 103 cm³/mol. The zero-order valence-corrected chi connectivity index (χ0v) is 14.7. The molecule has 6 heteroatoms. The van der Waals surface area contributed by atoms with Gasteiger partial charge in [-0.25, -0.2) is 4.98 Å². The van der Waals surface area contributed by atoms with Gasteiger partial charge in [-0.15, -0.1) is 0 Å². The van der Waals surface area contributed by atoms with Crippen molar-refractivity contribution < 1.29 is 4.79 Å². The number of amides is 1. The van der Waals surface area contributed by atoms with Crippen LogP contribution in [-0.4, -0.2) is 20.3 Å². The fourth-order valence-electron chi connectivity index (χ4n) is 2.74. The van der Waals surface area contributed by atoms with Crippen molar-refractivity contribution in [3.8, 4) is 11.1 Å². The summed E-state index contributed by atoms with van der Waals surface area (Å²) in [5.74, 6) is -0.266. The van der Waals surface area contributed by atoms with Gasteiger partial charge < -0.3 is 9.72 Å². The van der Waals surface area contributed by atoms with Crippen LogP contribution in [0.2, 0.25) is 5.02 Å². The Morgan fingerprint density at radius 3 is 2.62 bits per heavy atom. The molecule has 3 aromatic heterocycles. The van der Waals surface area contributed by atoms with E-state index in [1.807, 2.05) is 43.3 Å². The van der Waals surface area contributed by atoms with Crippen LogP contribution in [0.15, 0.2) is 67.1 Å². The fraction of sp³-hybridized carbons (Fsp3) is 0.0500. The van der Waals surface area contributed by atoms with Gasteiger partial charge in [0.15, 0.2) is 0 Å². The highest BCUT2D eigenvalue weighted by atomic mass is 35.5.